The number of hydrogen-bond donors (Lipinski definition) is 0. The third-order valence-corrected chi connectivity index (χ3v) is 0.903. The zero-order chi connectivity index (χ0) is 8.53. The van der Waals surface area contributed by atoms with E-state index < -0.39 is 0 Å². The maximum absolute atomic E-state index is 8.29. The average molecular weight is 387 g/mol. The van der Waals surface area contributed by atoms with Crippen molar-refractivity contribution >= 4 is 19.1 Å². The summed E-state index contributed by atoms with van der Waals surface area (Å²) in [6.07, 6.45) is 0. The summed E-state index contributed by atoms with van der Waals surface area (Å²) >= 11 is -0.106. The molecule has 1 aromatic carbocycles. The molecule has 0 bridgehead atoms. The van der Waals surface area contributed by atoms with Crippen molar-refractivity contribution in [1.29, 1.82) is 5.26 Å². The molecule has 0 saturated carbocycles. The van der Waals surface area contributed by atoms with E-state index in [1.54, 1.807) is 12.1 Å². The summed E-state index contributed by atoms with van der Waals surface area (Å²) in [6.45, 7) is 0. The van der Waals surface area contributed by atoms with E-state index in [0.717, 1.165) is 0 Å². The minimum absolute atomic E-state index is 0. The SMILES string of the molecule is N#Cc1ccccc1.[Cl][Pd][Cl].[Pd]. The van der Waals surface area contributed by atoms with Crippen LogP contribution >= 0.6 is 19.1 Å². The van der Waals surface area contributed by atoms with E-state index >= 15 is 0 Å². The van der Waals surface area contributed by atoms with Gasteiger partial charge in [0.25, 0.3) is 0 Å². The molecule has 5 heteroatoms. The van der Waals surface area contributed by atoms with Crippen LogP contribution in [0.25, 0.3) is 0 Å². The van der Waals surface area contributed by atoms with Crippen molar-refractivity contribution in [3.63, 3.8) is 0 Å². The molecule has 1 aromatic rings. The van der Waals surface area contributed by atoms with E-state index in [2.05, 4.69) is 0 Å². The van der Waals surface area contributed by atoms with Crippen LogP contribution in [0, 0.1) is 11.3 Å². The summed E-state index contributed by atoms with van der Waals surface area (Å²) in [5.41, 5.74) is 0.715. The molecule has 0 aliphatic rings. The molecule has 0 N–H and O–H groups in total. The Morgan fingerprint density at radius 2 is 1.58 bits per heavy atom. The summed E-state index contributed by atoms with van der Waals surface area (Å²) in [7, 11) is 9.63. The molecule has 1 nitrogen and oxygen atoms in total. The Labute approximate surface area is 102 Å². The van der Waals surface area contributed by atoms with Crippen molar-refractivity contribution in [2.24, 2.45) is 0 Å². The van der Waals surface area contributed by atoms with Crippen LogP contribution in [0.2, 0.25) is 0 Å². The zero-order valence-electron chi connectivity index (χ0n) is 5.72. The Morgan fingerprint density at radius 3 is 1.83 bits per heavy atom. The topological polar surface area (TPSA) is 23.8 Å². The third kappa shape index (κ3) is 8.71. The molecule has 0 aromatic heterocycles. The minimum Gasteiger partial charge on any atom is 0 e. The quantitative estimate of drug-likeness (QED) is 0.629. The number of nitrogens with zero attached hydrogens (tertiary/aromatic N) is 1. The molecule has 0 fully saturated rings. The van der Waals surface area contributed by atoms with Crippen LogP contribution in [-0.4, -0.2) is 0 Å². The Kier molecular flexibility index (Phi) is 14.6. The van der Waals surface area contributed by atoms with E-state index in [4.69, 9.17) is 24.3 Å². The molecule has 0 amide bonds. The van der Waals surface area contributed by atoms with Crippen molar-refractivity contribution < 1.29 is 36.4 Å². The fourth-order valence-corrected chi connectivity index (χ4v) is 0.513. The molecule has 12 heavy (non-hydrogen) atoms. The van der Waals surface area contributed by atoms with Crippen LogP contribution in [-0.2, 0) is 36.4 Å². The van der Waals surface area contributed by atoms with Gasteiger partial charge in [0.15, 0.2) is 0 Å². The van der Waals surface area contributed by atoms with Crippen molar-refractivity contribution in [2.75, 3.05) is 0 Å². The maximum atomic E-state index is 8.29. The summed E-state index contributed by atoms with van der Waals surface area (Å²) in [4.78, 5) is 0. The predicted molar refractivity (Wildman–Crippen MR) is 42.9 cm³/mol. The second-order valence-corrected chi connectivity index (χ2v) is 3.88. The van der Waals surface area contributed by atoms with E-state index in [1.165, 1.54) is 0 Å². The second-order valence-electron chi connectivity index (χ2n) is 1.52. The molecular formula is C7H5Cl2NPd2. The van der Waals surface area contributed by atoms with E-state index in [9.17, 15) is 0 Å². The smallest absolute Gasteiger partial charge is 0 e. The van der Waals surface area contributed by atoms with Gasteiger partial charge in [0, 0.05) is 20.4 Å². The number of rotatable bonds is 0. The van der Waals surface area contributed by atoms with Gasteiger partial charge in [-0.05, 0) is 12.1 Å². The molecule has 72 valence electrons. The van der Waals surface area contributed by atoms with Crippen LogP contribution in [0.4, 0.5) is 0 Å². The standard InChI is InChI=1S/C7H5N.2ClH.2Pd/c8-6-7-4-2-1-3-5-7;;;;/h1-5H;2*1H;;/q;;;;+2/p-2. The first kappa shape index (κ1) is 15.1. The van der Waals surface area contributed by atoms with Gasteiger partial charge in [-0.1, -0.05) is 18.2 Å². The van der Waals surface area contributed by atoms with Gasteiger partial charge in [-0.3, -0.25) is 0 Å². The van der Waals surface area contributed by atoms with Gasteiger partial charge in [0.2, 0.25) is 0 Å². The van der Waals surface area contributed by atoms with Crippen LogP contribution in [0.5, 0.6) is 0 Å². The number of halogens is 2. The Balaban J connectivity index is 0. The van der Waals surface area contributed by atoms with Crippen molar-refractivity contribution in [2.45, 2.75) is 0 Å². The van der Waals surface area contributed by atoms with Gasteiger partial charge >= 0.3 is 35.0 Å². The Bertz CT molecular complexity index is 223. The molecule has 1 rings (SSSR count). The van der Waals surface area contributed by atoms with Crippen LogP contribution in [0.3, 0.4) is 0 Å². The van der Waals surface area contributed by atoms with Crippen molar-refractivity contribution in [1.82, 2.24) is 0 Å². The molecule has 0 aliphatic carbocycles. The summed E-state index contributed by atoms with van der Waals surface area (Å²) in [6, 6.07) is 11.2. The van der Waals surface area contributed by atoms with Crippen LogP contribution in [0.1, 0.15) is 5.56 Å². The first-order valence-electron chi connectivity index (χ1n) is 2.62. The van der Waals surface area contributed by atoms with Gasteiger partial charge in [-0.15, -0.1) is 0 Å². The second kappa shape index (κ2) is 11.6. The number of hydrogen-bond acceptors (Lipinski definition) is 1. The molecular weight excluding hydrogens is 382 g/mol. The molecule has 0 atom stereocenters. The summed E-state index contributed by atoms with van der Waals surface area (Å²) < 4.78 is 0. The number of benzene rings is 1. The Hall–Kier alpha value is 0.615. The summed E-state index contributed by atoms with van der Waals surface area (Å²) in [5, 5.41) is 8.29. The summed E-state index contributed by atoms with van der Waals surface area (Å²) in [5.74, 6) is 0. The fourth-order valence-electron chi connectivity index (χ4n) is 0.513. The van der Waals surface area contributed by atoms with Crippen molar-refractivity contribution in [3.05, 3.63) is 35.9 Å². The third-order valence-electron chi connectivity index (χ3n) is 0.903. The van der Waals surface area contributed by atoms with E-state index in [0.29, 0.717) is 5.56 Å². The normalized spacial score (nSPS) is 7.08. The molecule has 0 unspecified atom stereocenters. The predicted octanol–water partition coefficient (Wildman–Crippen LogP) is 2.93. The molecule has 0 radical (unpaired) electrons. The van der Waals surface area contributed by atoms with Gasteiger partial charge in [-0.25, -0.2) is 0 Å². The Morgan fingerprint density at radius 1 is 1.17 bits per heavy atom. The molecule has 0 saturated heterocycles. The van der Waals surface area contributed by atoms with E-state index in [1.807, 2.05) is 24.3 Å². The monoisotopic (exact) mass is 385 g/mol. The van der Waals surface area contributed by atoms with Crippen LogP contribution < -0.4 is 0 Å². The van der Waals surface area contributed by atoms with Crippen LogP contribution in [0.15, 0.2) is 30.3 Å². The van der Waals surface area contributed by atoms with Gasteiger partial charge < -0.3 is 0 Å². The molecule has 0 spiro atoms. The molecule has 0 aliphatic heterocycles. The largest absolute Gasteiger partial charge is 0 e. The van der Waals surface area contributed by atoms with Gasteiger partial charge in [-0.2, -0.15) is 5.26 Å². The maximum Gasteiger partial charge on any atom is 0 e. The van der Waals surface area contributed by atoms with Gasteiger partial charge in [0.05, 0.1) is 11.6 Å². The zero-order valence-corrected chi connectivity index (χ0v) is 10.3. The molecule has 0 heterocycles. The number of nitriles is 1. The minimum atomic E-state index is -0.106. The van der Waals surface area contributed by atoms with Gasteiger partial charge in [0.1, 0.15) is 0 Å². The van der Waals surface area contributed by atoms with Crippen molar-refractivity contribution in [3.8, 4) is 6.07 Å². The average Bonchev–Trinajstić information content (AvgIpc) is 2.08. The fraction of sp³-hybridized carbons (Fsp3) is 0. The first-order valence-corrected chi connectivity index (χ1v) is 6.63. The first-order chi connectivity index (χ1) is 5.35. The van der Waals surface area contributed by atoms with E-state index in [-0.39, 0.29) is 36.4 Å².